The Morgan fingerprint density at radius 1 is 1.47 bits per heavy atom. The molecule has 84 valence electrons. The van der Waals surface area contributed by atoms with Crippen LogP contribution in [0.1, 0.15) is 26.1 Å². The summed E-state index contributed by atoms with van der Waals surface area (Å²) >= 11 is 1.22. The van der Waals surface area contributed by atoms with E-state index >= 15 is 0 Å². The fourth-order valence-corrected chi connectivity index (χ4v) is 1.97. The summed E-state index contributed by atoms with van der Waals surface area (Å²) in [7, 11) is 0. The third kappa shape index (κ3) is 3.23. The van der Waals surface area contributed by atoms with Gasteiger partial charge in [0, 0.05) is 13.0 Å². The number of nitrogens with zero attached hydrogens (tertiary/aromatic N) is 3. The fourth-order valence-electron chi connectivity index (χ4n) is 1.26. The maximum Gasteiger partial charge on any atom is 0.313 e. The molecule has 15 heavy (non-hydrogen) atoms. The van der Waals surface area contributed by atoms with Gasteiger partial charge in [-0.1, -0.05) is 25.6 Å². The molecule has 0 saturated carbocycles. The first-order valence-corrected chi connectivity index (χ1v) is 5.94. The van der Waals surface area contributed by atoms with Crippen LogP contribution in [0.3, 0.4) is 0 Å². The van der Waals surface area contributed by atoms with Crippen LogP contribution in [0.2, 0.25) is 0 Å². The highest BCUT2D eigenvalue weighted by Crippen LogP contribution is 2.17. The molecule has 5 nitrogen and oxygen atoms in total. The number of carboxylic acids is 1. The molecule has 0 aromatic carbocycles. The predicted octanol–water partition coefficient (Wildman–Crippen LogP) is 1.43. The maximum absolute atomic E-state index is 10.4. The van der Waals surface area contributed by atoms with Gasteiger partial charge in [-0.3, -0.25) is 4.79 Å². The van der Waals surface area contributed by atoms with Gasteiger partial charge in [-0.25, -0.2) is 0 Å². The first-order valence-electron chi connectivity index (χ1n) is 4.95. The zero-order valence-electron chi connectivity index (χ0n) is 8.93. The molecule has 0 unspecified atom stereocenters. The SMILES string of the molecule is CCCn1c(CC)nnc1SCC(=O)O. The molecule has 0 aliphatic carbocycles. The first kappa shape index (κ1) is 12.0. The van der Waals surface area contributed by atoms with Gasteiger partial charge in [0.15, 0.2) is 5.16 Å². The van der Waals surface area contributed by atoms with Gasteiger partial charge in [0.2, 0.25) is 0 Å². The van der Waals surface area contributed by atoms with Crippen molar-refractivity contribution in [1.29, 1.82) is 0 Å². The molecule has 1 rings (SSSR count). The van der Waals surface area contributed by atoms with Gasteiger partial charge in [0.05, 0.1) is 5.75 Å². The first-order chi connectivity index (χ1) is 7.19. The van der Waals surface area contributed by atoms with Crippen LogP contribution in [0, 0.1) is 0 Å². The van der Waals surface area contributed by atoms with Crippen molar-refractivity contribution in [1.82, 2.24) is 14.8 Å². The fraction of sp³-hybridized carbons (Fsp3) is 0.667. The predicted molar refractivity (Wildman–Crippen MR) is 58.1 cm³/mol. The van der Waals surface area contributed by atoms with Crippen molar-refractivity contribution < 1.29 is 9.90 Å². The third-order valence-electron chi connectivity index (χ3n) is 1.88. The van der Waals surface area contributed by atoms with Crippen molar-refractivity contribution in [3.8, 4) is 0 Å². The number of hydrogen-bond donors (Lipinski definition) is 1. The van der Waals surface area contributed by atoms with Gasteiger partial charge in [0.25, 0.3) is 0 Å². The highest BCUT2D eigenvalue weighted by molar-refractivity contribution is 7.99. The summed E-state index contributed by atoms with van der Waals surface area (Å²) < 4.78 is 1.99. The monoisotopic (exact) mass is 229 g/mol. The molecule has 0 aliphatic rings. The summed E-state index contributed by atoms with van der Waals surface area (Å²) in [6.07, 6.45) is 1.81. The van der Waals surface area contributed by atoms with E-state index in [-0.39, 0.29) is 5.75 Å². The molecule has 0 fully saturated rings. The van der Waals surface area contributed by atoms with Crippen molar-refractivity contribution >= 4 is 17.7 Å². The van der Waals surface area contributed by atoms with Gasteiger partial charge in [-0.2, -0.15) is 0 Å². The number of aromatic nitrogens is 3. The van der Waals surface area contributed by atoms with Crippen LogP contribution in [0.4, 0.5) is 0 Å². The molecule has 0 spiro atoms. The van der Waals surface area contributed by atoms with Crippen LogP contribution in [-0.2, 0) is 17.8 Å². The molecule has 1 N–H and O–H groups in total. The van der Waals surface area contributed by atoms with Crippen LogP contribution in [0.15, 0.2) is 5.16 Å². The molecule has 1 heterocycles. The summed E-state index contributed by atoms with van der Waals surface area (Å²) in [5, 5.41) is 17.3. The molecular weight excluding hydrogens is 214 g/mol. The quantitative estimate of drug-likeness (QED) is 0.747. The Bertz CT molecular complexity index is 338. The lowest BCUT2D eigenvalue weighted by Gasteiger charge is -2.06. The van der Waals surface area contributed by atoms with Crippen molar-refractivity contribution in [2.75, 3.05) is 5.75 Å². The van der Waals surface area contributed by atoms with E-state index in [0.29, 0.717) is 5.16 Å². The van der Waals surface area contributed by atoms with Gasteiger partial charge in [-0.15, -0.1) is 10.2 Å². The number of thioether (sulfide) groups is 1. The molecule has 6 heteroatoms. The molecule has 0 radical (unpaired) electrons. The lowest BCUT2D eigenvalue weighted by atomic mass is 10.4. The van der Waals surface area contributed by atoms with Gasteiger partial charge in [0.1, 0.15) is 5.82 Å². The largest absolute Gasteiger partial charge is 0.481 e. The smallest absolute Gasteiger partial charge is 0.313 e. The molecule has 0 atom stereocenters. The average Bonchev–Trinajstić information content (AvgIpc) is 2.58. The lowest BCUT2D eigenvalue weighted by Crippen LogP contribution is -2.05. The number of carboxylic acid groups (broad SMARTS) is 1. The third-order valence-corrected chi connectivity index (χ3v) is 2.83. The lowest BCUT2D eigenvalue weighted by molar-refractivity contribution is -0.133. The van der Waals surface area contributed by atoms with Crippen molar-refractivity contribution in [3.63, 3.8) is 0 Å². The average molecular weight is 229 g/mol. The maximum atomic E-state index is 10.4. The molecular formula is C9H15N3O2S. The number of aryl methyl sites for hydroxylation is 1. The van der Waals surface area contributed by atoms with Crippen molar-refractivity contribution in [3.05, 3.63) is 5.82 Å². The normalized spacial score (nSPS) is 10.5. The number of rotatable bonds is 6. The summed E-state index contributed by atoms with van der Waals surface area (Å²) in [5.74, 6) is 0.125. The summed E-state index contributed by atoms with van der Waals surface area (Å²) in [6, 6.07) is 0. The number of hydrogen-bond acceptors (Lipinski definition) is 4. The molecule has 0 amide bonds. The van der Waals surface area contributed by atoms with Gasteiger partial charge in [-0.05, 0) is 6.42 Å². The molecule has 1 aromatic heterocycles. The Balaban J connectivity index is 2.77. The van der Waals surface area contributed by atoms with E-state index in [1.165, 1.54) is 11.8 Å². The van der Waals surface area contributed by atoms with E-state index in [2.05, 4.69) is 17.1 Å². The highest BCUT2D eigenvalue weighted by Gasteiger charge is 2.11. The second-order valence-corrected chi connectivity index (χ2v) is 4.03. The van der Waals surface area contributed by atoms with Crippen molar-refractivity contribution in [2.24, 2.45) is 0 Å². The van der Waals surface area contributed by atoms with E-state index in [1.54, 1.807) is 0 Å². The van der Waals surface area contributed by atoms with Gasteiger partial charge < -0.3 is 9.67 Å². The minimum Gasteiger partial charge on any atom is -0.481 e. The minimum atomic E-state index is -0.830. The van der Waals surface area contributed by atoms with Crippen LogP contribution < -0.4 is 0 Å². The van der Waals surface area contributed by atoms with E-state index in [4.69, 9.17) is 5.11 Å². The molecule has 0 saturated heterocycles. The second kappa shape index (κ2) is 5.75. The summed E-state index contributed by atoms with van der Waals surface area (Å²) in [5.41, 5.74) is 0. The van der Waals surface area contributed by atoms with Crippen LogP contribution in [0.5, 0.6) is 0 Å². The van der Waals surface area contributed by atoms with Crippen LogP contribution in [-0.4, -0.2) is 31.6 Å². The highest BCUT2D eigenvalue weighted by atomic mass is 32.2. The number of aliphatic carboxylic acids is 1. The summed E-state index contributed by atoms with van der Waals surface area (Å²) in [6.45, 7) is 4.94. The van der Waals surface area contributed by atoms with E-state index in [1.807, 2.05) is 11.5 Å². The molecule has 0 aliphatic heterocycles. The molecule has 1 aromatic rings. The second-order valence-electron chi connectivity index (χ2n) is 3.09. The van der Waals surface area contributed by atoms with E-state index < -0.39 is 5.97 Å². The Morgan fingerprint density at radius 2 is 2.20 bits per heavy atom. The van der Waals surface area contributed by atoms with E-state index in [0.717, 1.165) is 25.2 Å². The Morgan fingerprint density at radius 3 is 2.73 bits per heavy atom. The van der Waals surface area contributed by atoms with Gasteiger partial charge >= 0.3 is 5.97 Å². The summed E-state index contributed by atoms with van der Waals surface area (Å²) in [4.78, 5) is 10.4. The number of carbonyl (C=O) groups is 1. The zero-order chi connectivity index (χ0) is 11.3. The Labute approximate surface area is 92.9 Å². The Kier molecular flexibility index (Phi) is 4.61. The molecule has 0 bridgehead atoms. The van der Waals surface area contributed by atoms with Crippen LogP contribution in [0.25, 0.3) is 0 Å². The topological polar surface area (TPSA) is 68.0 Å². The zero-order valence-corrected chi connectivity index (χ0v) is 9.75. The standard InChI is InChI=1S/C9H15N3O2S/c1-3-5-12-7(4-2)10-11-9(12)15-6-8(13)14/h3-6H2,1-2H3,(H,13,14). The van der Waals surface area contributed by atoms with E-state index in [9.17, 15) is 4.79 Å². The van der Waals surface area contributed by atoms with Crippen LogP contribution >= 0.6 is 11.8 Å². The van der Waals surface area contributed by atoms with Crippen molar-refractivity contribution in [2.45, 2.75) is 38.4 Å². The Hall–Kier alpha value is -1.04. The minimum absolute atomic E-state index is 0.0333.